The number of nitrogens with one attached hydrogen (secondary N) is 1. The summed E-state index contributed by atoms with van der Waals surface area (Å²) < 4.78 is 0. The van der Waals surface area contributed by atoms with Crippen molar-refractivity contribution in [3.8, 4) is 0 Å². The summed E-state index contributed by atoms with van der Waals surface area (Å²) in [6, 6.07) is 5.76. The van der Waals surface area contributed by atoms with Crippen molar-refractivity contribution in [1.29, 1.82) is 0 Å². The highest BCUT2D eigenvalue weighted by Gasteiger charge is 2.22. The van der Waals surface area contributed by atoms with E-state index in [-0.39, 0.29) is 24.1 Å². The van der Waals surface area contributed by atoms with Gasteiger partial charge in [-0.15, -0.1) is 12.4 Å². The highest BCUT2D eigenvalue weighted by Crippen LogP contribution is 2.21. The van der Waals surface area contributed by atoms with Crippen LogP contribution >= 0.6 is 12.4 Å². The van der Waals surface area contributed by atoms with Gasteiger partial charge in [0, 0.05) is 31.5 Å². The van der Waals surface area contributed by atoms with Crippen LogP contribution in [0.25, 0.3) is 0 Å². The van der Waals surface area contributed by atoms with Crippen molar-refractivity contribution in [1.82, 2.24) is 10.2 Å². The van der Waals surface area contributed by atoms with E-state index < -0.39 is 0 Å². The molecule has 140 valence electrons. The van der Waals surface area contributed by atoms with Crippen LogP contribution in [0.3, 0.4) is 0 Å². The third-order valence-electron chi connectivity index (χ3n) is 5.16. The average molecular weight is 367 g/mol. The first-order valence-corrected chi connectivity index (χ1v) is 9.04. The number of aryl methyl sites for hydroxylation is 2. The lowest BCUT2D eigenvalue weighted by atomic mass is 9.93. The van der Waals surface area contributed by atoms with Crippen molar-refractivity contribution in [2.24, 2.45) is 5.92 Å². The van der Waals surface area contributed by atoms with Crippen LogP contribution in [0.15, 0.2) is 18.2 Å². The summed E-state index contributed by atoms with van der Waals surface area (Å²) in [4.78, 5) is 26.6. The molecule has 1 saturated heterocycles. The van der Waals surface area contributed by atoms with Gasteiger partial charge in [-0.25, -0.2) is 0 Å². The average Bonchev–Trinajstić information content (AvgIpc) is 2.60. The zero-order valence-corrected chi connectivity index (χ0v) is 16.5. The number of ketones is 1. The quantitative estimate of drug-likeness (QED) is 0.751. The van der Waals surface area contributed by atoms with E-state index in [1.807, 2.05) is 44.0 Å². The third-order valence-corrected chi connectivity index (χ3v) is 5.16. The van der Waals surface area contributed by atoms with Crippen molar-refractivity contribution in [2.75, 3.05) is 26.7 Å². The third kappa shape index (κ3) is 6.44. The van der Waals surface area contributed by atoms with E-state index in [4.69, 9.17) is 0 Å². The fraction of sp³-hybridized carbons (Fsp3) is 0.600. The molecule has 0 saturated carbocycles. The molecule has 1 amide bonds. The van der Waals surface area contributed by atoms with Gasteiger partial charge >= 0.3 is 0 Å². The van der Waals surface area contributed by atoms with Crippen LogP contribution in [0.5, 0.6) is 0 Å². The largest absolute Gasteiger partial charge is 0.343 e. The Morgan fingerprint density at radius 1 is 1.12 bits per heavy atom. The number of Topliss-reactive ketones (excluding diaryl/α,β-unsaturated/α-hetero) is 1. The van der Waals surface area contributed by atoms with Crippen molar-refractivity contribution >= 4 is 24.1 Å². The lowest BCUT2D eigenvalue weighted by Gasteiger charge is -2.32. The minimum Gasteiger partial charge on any atom is -0.343 e. The Hall–Kier alpha value is -1.39. The van der Waals surface area contributed by atoms with E-state index in [2.05, 4.69) is 5.32 Å². The van der Waals surface area contributed by atoms with Gasteiger partial charge in [0.15, 0.2) is 5.78 Å². The van der Waals surface area contributed by atoms with Crippen LogP contribution in [0.4, 0.5) is 0 Å². The Labute approximate surface area is 157 Å². The number of halogens is 1. The molecule has 1 aliphatic rings. The van der Waals surface area contributed by atoms with E-state index in [9.17, 15) is 9.59 Å². The van der Waals surface area contributed by atoms with Crippen molar-refractivity contribution in [3.05, 3.63) is 34.9 Å². The molecule has 0 aliphatic carbocycles. The van der Waals surface area contributed by atoms with Gasteiger partial charge in [-0.1, -0.05) is 12.1 Å². The molecule has 4 nitrogen and oxygen atoms in total. The maximum absolute atomic E-state index is 12.3. The Balaban J connectivity index is 0.00000312. The van der Waals surface area contributed by atoms with Gasteiger partial charge in [-0.05, 0) is 69.8 Å². The van der Waals surface area contributed by atoms with Crippen molar-refractivity contribution in [2.45, 2.75) is 46.0 Å². The second-order valence-corrected chi connectivity index (χ2v) is 6.94. The Bertz CT molecular complexity index is 581. The molecule has 1 aromatic carbocycles. The molecule has 0 bridgehead atoms. The van der Waals surface area contributed by atoms with Gasteiger partial charge in [-0.2, -0.15) is 0 Å². The molecule has 0 spiro atoms. The number of hydrogen-bond acceptors (Lipinski definition) is 3. The summed E-state index contributed by atoms with van der Waals surface area (Å²) in [5.74, 6) is 0.910. The standard InChI is InChI=1S/C20H30N2O2.ClH/c1-15-4-5-18(14-16(15)2)19(23)6-7-20(24)22-12-9-17(10-13-22)8-11-21-3;/h4-5,14,17,21H,6-13H2,1-3H3;1H. The SMILES string of the molecule is CNCCC1CCN(C(=O)CCC(=O)c2ccc(C)c(C)c2)CC1.Cl. The predicted molar refractivity (Wildman–Crippen MR) is 105 cm³/mol. The van der Waals surface area contributed by atoms with Crippen molar-refractivity contribution in [3.63, 3.8) is 0 Å². The minimum absolute atomic E-state index is 0. The number of hydrogen-bond donors (Lipinski definition) is 1. The van der Waals surface area contributed by atoms with Gasteiger partial charge in [0.1, 0.15) is 0 Å². The predicted octanol–water partition coefficient (Wildman–Crippen LogP) is 3.54. The van der Waals surface area contributed by atoms with Crippen LogP contribution in [-0.4, -0.2) is 43.3 Å². The topological polar surface area (TPSA) is 49.4 Å². The summed E-state index contributed by atoms with van der Waals surface area (Å²) in [6.45, 7) is 6.77. The number of carbonyl (C=O) groups excluding carboxylic acids is 2. The van der Waals surface area contributed by atoms with Crippen LogP contribution in [0, 0.1) is 19.8 Å². The first-order valence-electron chi connectivity index (χ1n) is 9.04. The second kappa shape index (κ2) is 10.6. The summed E-state index contributed by atoms with van der Waals surface area (Å²) in [6.07, 6.45) is 3.98. The van der Waals surface area contributed by atoms with E-state index in [1.165, 1.54) is 12.0 Å². The molecular formula is C20H31ClN2O2. The zero-order chi connectivity index (χ0) is 17.5. The van der Waals surface area contributed by atoms with Gasteiger partial charge in [0.25, 0.3) is 0 Å². The molecule has 1 aromatic rings. The van der Waals surface area contributed by atoms with Gasteiger partial charge < -0.3 is 10.2 Å². The Kier molecular flexibility index (Phi) is 9.15. The normalized spacial score (nSPS) is 14.9. The number of amides is 1. The monoisotopic (exact) mass is 366 g/mol. The summed E-state index contributed by atoms with van der Waals surface area (Å²) >= 11 is 0. The molecule has 1 fully saturated rings. The van der Waals surface area contributed by atoms with Crippen LogP contribution in [0.2, 0.25) is 0 Å². The molecule has 5 heteroatoms. The molecule has 0 aromatic heterocycles. The van der Waals surface area contributed by atoms with Crippen molar-refractivity contribution < 1.29 is 9.59 Å². The molecule has 0 radical (unpaired) electrons. The van der Waals surface area contributed by atoms with Crippen LogP contribution in [-0.2, 0) is 4.79 Å². The van der Waals surface area contributed by atoms with Gasteiger partial charge in [0.05, 0.1) is 0 Å². The summed E-state index contributed by atoms with van der Waals surface area (Å²) in [7, 11) is 1.98. The summed E-state index contributed by atoms with van der Waals surface area (Å²) in [5.41, 5.74) is 3.02. The fourth-order valence-corrected chi connectivity index (χ4v) is 3.26. The lowest BCUT2D eigenvalue weighted by Crippen LogP contribution is -2.39. The number of likely N-dealkylation sites (tertiary alicyclic amines) is 1. The fourth-order valence-electron chi connectivity index (χ4n) is 3.26. The molecule has 2 rings (SSSR count). The molecule has 1 aliphatic heterocycles. The molecule has 0 unspecified atom stereocenters. The number of piperidine rings is 1. The second-order valence-electron chi connectivity index (χ2n) is 6.94. The van der Waals surface area contributed by atoms with Crippen LogP contribution in [0.1, 0.15) is 53.6 Å². The number of carbonyl (C=O) groups is 2. The lowest BCUT2D eigenvalue weighted by molar-refractivity contribution is -0.132. The van der Waals surface area contributed by atoms with Gasteiger partial charge in [0.2, 0.25) is 5.91 Å². The van der Waals surface area contributed by atoms with Crippen LogP contribution < -0.4 is 5.32 Å². The van der Waals surface area contributed by atoms with E-state index in [0.717, 1.165) is 49.5 Å². The zero-order valence-electron chi connectivity index (χ0n) is 15.6. The molecular weight excluding hydrogens is 336 g/mol. The first-order chi connectivity index (χ1) is 11.5. The Morgan fingerprint density at radius 3 is 2.40 bits per heavy atom. The maximum Gasteiger partial charge on any atom is 0.223 e. The van der Waals surface area contributed by atoms with Gasteiger partial charge in [-0.3, -0.25) is 9.59 Å². The molecule has 0 atom stereocenters. The number of nitrogens with zero attached hydrogens (tertiary/aromatic N) is 1. The summed E-state index contributed by atoms with van der Waals surface area (Å²) in [5, 5.41) is 3.19. The molecule has 25 heavy (non-hydrogen) atoms. The van der Waals surface area contributed by atoms with E-state index in [0.29, 0.717) is 12.8 Å². The molecule has 1 N–H and O–H groups in total. The molecule has 1 heterocycles. The minimum atomic E-state index is 0. The maximum atomic E-state index is 12.3. The highest BCUT2D eigenvalue weighted by atomic mass is 35.5. The number of benzene rings is 1. The highest BCUT2D eigenvalue weighted by molar-refractivity contribution is 5.98. The smallest absolute Gasteiger partial charge is 0.223 e. The van der Waals surface area contributed by atoms with E-state index in [1.54, 1.807) is 0 Å². The Morgan fingerprint density at radius 2 is 1.80 bits per heavy atom. The van der Waals surface area contributed by atoms with E-state index >= 15 is 0 Å². The number of rotatable bonds is 7. The first kappa shape index (κ1) is 21.7.